The van der Waals surface area contributed by atoms with Crippen LogP contribution in [0, 0.1) is 6.92 Å². The molecule has 0 bridgehead atoms. The molecule has 1 N–H and O–H groups in total. The van der Waals surface area contributed by atoms with E-state index in [1.54, 1.807) is 6.92 Å². The molecule has 0 spiro atoms. The monoisotopic (exact) mass is 447 g/mol. The molecule has 3 aromatic rings. The van der Waals surface area contributed by atoms with Gasteiger partial charge < -0.3 is 10.1 Å². The number of benzene rings is 1. The highest BCUT2D eigenvalue weighted by Gasteiger charge is 2.28. The third kappa shape index (κ3) is 3.93. The topological polar surface area (TPSA) is 55.4 Å². The fraction of sp³-hybridized carbons (Fsp3) is 0.364. The first kappa shape index (κ1) is 20.4. The number of amides is 1. The number of hydrogen-bond donors (Lipinski definition) is 1. The number of carbonyl (C=O) groups excluding carboxylic acids is 2. The third-order valence-corrected chi connectivity index (χ3v) is 7.98. The highest BCUT2D eigenvalue weighted by molar-refractivity contribution is 7.22. The minimum Gasteiger partial charge on any atom is -0.462 e. The van der Waals surface area contributed by atoms with Gasteiger partial charge in [0.1, 0.15) is 9.88 Å². The van der Waals surface area contributed by atoms with Crippen molar-refractivity contribution in [1.82, 2.24) is 0 Å². The first-order chi connectivity index (χ1) is 14.0. The van der Waals surface area contributed by atoms with E-state index in [4.69, 9.17) is 16.3 Å². The van der Waals surface area contributed by atoms with Gasteiger partial charge in [0.25, 0.3) is 5.91 Å². The van der Waals surface area contributed by atoms with E-state index in [0.29, 0.717) is 27.1 Å². The van der Waals surface area contributed by atoms with Crippen LogP contribution in [0.15, 0.2) is 18.2 Å². The molecule has 1 aliphatic rings. The number of esters is 1. The molecule has 4 rings (SSSR count). The minimum atomic E-state index is -0.361. The van der Waals surface area contributed by atoms with E-state index in [0.717, 1.165) is 53.3 Å². The summed E-state index contributed by atoms with van der Waals surface area (Å²) >= 11 is 9.38. The molecular weight excluding hydrogens is 426 g/mol. The molecule has 1 aliphatic carbocycles. The maximum atomic E-state index is 13.1. The van der Waals surface area contributed by atoms with E-state index >= 15 is 0 Å². The first-order valence-corrected chi connectivity index (χ1v) is 11.8. The van der Waals surface area contributed by atoms with Crippen LogP contribution in [-0.2, 0) is 17.6 Å². The van der Waals surface area contributed by atoms with Gasteiger partial charge in [-0.3, -0.25) is 4.79 Å². The molecule has 2 heterocycles. The van der Waals surface area contributed by atoms with Crippen LogP contribution in [0.3, 0.4) is 0 Å². The van der Waals surface area contributed by atoms with E-state index in [1.807, 2.05) is 25.1 Å². The van der Waals surface area contributed by atoms with Crippen molar-refractivity contribution in [2.75, 3.05) is 11.9 Å². The molecule has 1 amide bonds. The largest absolute Gasteiger partial charge is 0.462 e. The van der Waals surface area contributed by atoms with Gasteiger partial charge in [0, 0.05) is 15.0 Å². The molecular formula is C22H22ClNO3S2. The van der Waals surface area contributed by atoms with Gasteiger partial charge in [0.05, 0.1) is 17.2 Å². The van der Waals surface area contributed by atoms with Crippen LogP contribution < -0.4 is 5.32 Å². The van der Waals surface area contributed by atoms with Crippen molar-refractivity contribution in [2.45, 2.75) is 46.0 Å². The van der Waals surface area contributed by atoms with Gasteiger partial charge in [-0.1, -0.05) is 30.2 Å². The molecule has 0 atom stereocenters. The summed E-state index contributed by atoms with van der Waals surface area (Å²) < 4.78 is 6.28. The summed E-state index contributed by atoms with van der Waals surface area (Å²) in [6.45, 7) is 4.11. The van der Waals surface area contributed by atoms with Crippen molar-refractivity contribution in [1.29, 1.82) is 0 Å². The highest BCUT2D eigenvalue weighted by atomic mass is 35.5. The summed E-state index contributed by atoms with van der Waals surface area (Å²) in [5, 5.41) is 4.87. The smallest absolute Gasteiger partial charge is 0.341 e. The first-order valence-electron chi connectivity index (χ1n) is 9.81. The predicted octanol–water partition coefficient (Wildman–Crippen LogP) is 6.62. The Morgan fingerprint density at radius 1 is 1.17 bits per heavy atom. The minimum absolute atomic E-state index is 0.282. The molecule has 7 heteroatoms. The van der Waals surface area contributed by atoms with E-state index in [9.17, 15) is 9.59 Å². The number of nitrogens with one attached hydrogen (secondary N) is 1. The zero-order valence-corrected chi connectivity index (χ0v) is 18.8. The molecule has 0 saturated carbocycles. The Balaban J connectivity index is 1.71. The highest BCUT2D eigenvalue weighted by Crippen LogP contribution is 2.40. The quantitative estimate of drug-likeness (QED) is 0.361. The zero-order valence-electron chi connectivity index (χ0n) is 16.4. The molecule has 4 nitrogen and oxygen atoms in total. The van der Waals surface area contributed by atoms with Crippen LogP contribution >= 0.6 is 34.3 Å². The second kappa shape index (κ2) is 8.46. The summed E-state index contributed by atoms with van der Waals surface area (Å²) in [5.74, 6) is -0.643. The lowest BCUT2D eigenvalue weighted by Crippen LogP contribution is -2.14. The zero-order chi connectivity index (χ0) is 20.5. The Morgan fingerprint density at radius 2 is 1.97 bits per heavy atom. The van der Waals surface area contributed by atoms with Gasteiger partial charge in [-0.2, -0.15) is 0 Å². The molecule has 1 aromatic carbocycles. The van der Waals surface area contributed by atoms with Crippen molar-refractivity contribution < 1.29 is 14.3 Å². The van der Waals surface area contributed by atoms with Gasteiger partial charge in [0.15, 0.2) is 0 Å². The number of fused-ring (bicyclic) bond motifs is 2. The molecule has 0 unspecified atom stereocenters. The molecule has 0 radical (unpaired) electrons. The van der Waals surface area contributed by atoms with E-state index in [2.05, 4.69) is 5.32 Å². The van der Waals surface area contributed by atoms with Gasteiger partial charge in [-0.25, -0.2) is 4.79 Å². The van der Waals surface area contributed by atoms with Crippen LogP contribution in [0.2, 0.25) is 5.02 Å². The summed E-state index contributed by atoms with van der Waals surface area (Å²) in [6.07, 6.45) is 5.09. The van der Waals surface area contributed by atoms with E-state index < -0.39 is 0 Å². The number of anilines is 1. The van der Waals surface area contributed by atoms with Crippen LogP contribution in [0.5, 0.6) is 0 Å². The fourth-order valence-corrected chi connectivity index (χ4v) is 6.51. The molecule has 152 valence electrons. The van der Waals surface area contributed by atoms with Gasteiger partial charge >= 0.3 is 5.97 Å². The SMILES string of the molecule is CCOC(=O)c1c(NC(=O)c2sc3cc(C)ccc3c2Cl)sc2c1CCCCC2. The molecule has 2 aromatic heterocycles. The molecule has 0 fully saturated rings. The van der Waals surface area contributed by atoms with Crippen molar-refractivity contribution in [3.63, 3.8) is 0 Å². The van der Waals surface area contributed by atoms with Crippen molar-refractivity contribution in [3.8, 4) is 0 Å². The molecule has 0 aliphatic heterocycles. The van der Waals surface area contributed by atoms with Crippen molar-refractivity contribution >= 4 is 61.2 Å². The molecule has 0 saturated heterocycles. The van der Waals surface area contributed by atoms with Gasteiger partial charge in [-0.05, 0) is 56.7 Å². The number of thiophene rings is 2. The Bertz CT molecular complexity index is 1100. The second-order valence-corrected chi connectivity index (χ2v) is 9.72. The van der Waals surface area contributed by atoms with E-state index in [-0.39, 0.29) is 11.9 Å². The number of halogens is 1. The summed E-state index contributed by atoms with van der Waals surface area (Å²) in [4.78, 5) is 27.4. The Morgan fingerprint density at radius 3 is 2.76 bits per heavy atom. The van der Waals surface area contributed by atoms with Crippen LogP contribution in [0.4, 0.5) is 5.00 Å². The number of ether oxygens (including phenoxy) is 1. The number of aryl methyl sites for hydroxylation is 2. The Kier molecular flexibility index (Phi) is 5.95. The maximum absolute atomic E-state index is 13.1. The second-order valence-electron chi connectivity index (χ2n) is 7.19. The predicted molar refractivity (Wildman–Crippen MR) is 121 cm³/mol. The van der Waals surface area contributed by atoms with Crippen LogP contribution in [-0.4, -0.2) is 18.5 Å². The van der Waals surface area contributed by atoms with Gasteiger partial charge in [0.2, 0.25) is 0 Å². The summed E-state index contributed by atoms with van der Waals surface area (Å²) in [5.41, 5.74) is 2.68. The van der Waals surface area contributed by atoms with E-state index in [1.165, 1.54) is 27.6 Å². The number of rotatable bonds is 4. The summed E-state index contributed by atoms with van der Waals surface area (Å²) in [7, 11) is 0. The fourth-order valence-electron chi connectivity index (χ4n) is 3.73. The maximum Gasteiger partial charge on any atom is 0.341 e. The van der Waals surface area contributed by atoms with Crippen molar-refractivity contribution in [2.24, 2.45) is 0 Å². The lowest BCUT2D eigenvalue weighted by atomic mass is 10.1. The Labute approximate surface area is 182 Å². The summed E-state index contributed by atoms with van der Waals surface area (Å²) in [6, 6.07) is 5.95. The Hall–Kier alpha value is -1.89. The standard InChI is InChI=1S/C22H22ClNO3S2/c1-3-27-22(26)17-13-7-5-4-6-8-15(13)29-21(17)24-20(25)19-18(23)14-10-9-12(2)11-16(14)28-19/h9-11H,3-8H2,1-2H3,(H,24,25). The lowest BCUT2D eigenvalue weighted by Gasteiger charge is -2.08. The average Bonchev–Trinajstić information content (AvgIpc) is 3.09. The van der Waals surface area contributed by atoms with Gasteiger partial charge in [-0.15, -0.1) is 22.7 Å². The average molecular weight is 448 g/mol. The number of hydrogen-bond acceptors (Lipinski definition) is 5. The normalized spacial score (nSPS) is 13.8. The molecule has 29 heavy (non-hydrogen) atoms. The number of carbonyl (C=O) groups is 2. The lowest BCUT2D eigenvalue weighted by molar-refractivity contribution is 0.0527. The van der Waals surface area contributed by atoms with Crippen molar-refractivity contribution in [3.05, 3.63) is 49.7 Å². The van der Waals surface area contributed by atoms with Crippen LogP contribution in [0.1, 0.15) is 62.2 Å². The third-order valence-electron chi connectivity index (χ3n) is 5.12. The van der Waals surface area contributed by atoms with Crippen LogP contribution in [0.25, 0.3) is 10.1 Å².